The molecule has 3 nitrogen and oxygen atoms in total. The van der Waals surface area contributed by atoms with E-state index in [1.165, 1.54) is 0 Å². The van der Waals surface area contributed by atoms with Crippen molar-refractivity contribution in [1.29, 1.82) is 0 Å². The molecule has 1 fully saturated rings. The van der Waals surface area contributed by atoms with Crippen molar-refractivity contribution in [3.63, 3.8) is 0 Å². The molecule has 1 aromatic rings. The summed E-state index contributed by atoms with van der Waals surface area (Å²) < 4.78 is 12.9. The summed E-state index contributed by atoms with van der Waals surface area (Å²) in [7, 11) is 0. The Morgan fingerprint density at radius 3 is 2.87 bits per heavy atom. The van der Waals surface area contributed by atoms with Crippen molar-refractivity contribution in [2.75, 3.05) is 18.0 Å². The molecule has 1 aromatic heterocycles. The third kappa shape index (κ3) is 2.14. The molecule has 0 N–H and O–H groups in total. The molecule has 0 aliphatic carbocycles. The van der Waals surface area contributed by atoms with E-state index in [1.54, 1.807) is 18.3 Å². The smallest absolute Gasteiger partial charge is 0.153 e. The Bertz CT molecular complexity index is 348. The van der Waals surface area contributed by atoms with Crippen molar-refractivity contribution >= 4 is 12.1 Å². The van der Waals surface area contributed by atoms with Crippen molar-refractivity contribution < 1.29 is 9.18 Å². The quantitative estimate of drug-likeness (QED) is 0.695. The highest BCUT2D eigenvalue weighted by Crippen LogP contribution is 2.21. The number of halogens is 1. The summed E-state index contributed by atoms with van der Waals surface area (Å²) in [6.07, 6.45) is 2.79. The molecule has 80 valence electrons. The van der Waals surface area contributed by atoms with Crippen LogP contribution < -0.4 is 4.90 Å². The van der Waals surface area contributed by atoms with E-state index in [9.17, 15) is 9.18 Å². The molecule has 0 bridgehead atoms. The highest BCUT2D eigenvalue weighted by Gasteiger charge is 2.20. The first-order valence-corrected chi connectivity index (χ1v) is 5.10. The standard InChI is InChI=1S/C11H13FN2O/c12-10-3-6-14(7-4-10)11-9(8-15)2-1-5-13-11/h1-2,5,8,10H,3-4,6-7H2. The highest BCUT2D eigenvalue weighted by atomic mass is 19.1. The number of aromatic nitrogens is 1. The Hall–Kier alpha value is -1.45. The molecule has 0 unspecified atom stereocenters. The van der Waals surface area contributed by atoms with Gasteiger partial charge in [-0.25, -0.2) is 9.37 Å². The molecule has 1 aliphatic rings. The van der Waals surface area contributed by atoms with Gasteiger partial charge < -0.3 is 4.90 Å². The number of piperidine rings is 1. The fraction of sp³-hybridized carbons (Fsp3) is 0.455. The number of hydrogen-bond acceptors (Lipinski definition) is 3. The van der Waals surface area contributed by atoms with E-state index < -0.39 is 6.17 Å². The van der Waals surface area contributed by atoms with Crippen molar-refractivity contribution in [2.24, 2.45) is 0 Å². The molecular formula is C11H13FN2O. The molecule has 1 aliphatic heterocycles. The Balaban J connectivity index is 2.18. The van der Waals surface area contributed by atoms with Crippen LogP contribution in [0.1, 0.15) is 23.2 Å². The van der Waals surface area contributed by atoms with Gasteiger partial charge in [-0.15, -0.1) is 0 Å². The summed E-state index contributed by atoms with van der Waals surface area (Å²) in [6, 6.07) is 3.46. The van der Waals surface area contributed by atoms with Gasteiger partial charge in [0.05, 0.1) is 5.56 Å². The Morgan fingerprint density at radius 1 is 1.47 bits per heavy atom. The number of aldehydes is 1. The van der Waals surface area contributed by atoms with E-state index in [-0.39, 0.29) is 0 Å². The Kier molecular flexibility index (Phi) is 2.94. The van der Waals surface area contributed by atoms with Crippen LogP contribution in [-0.4, -0.2) is 30.5 Å². The Morgan fingerprint density at radius 2 is 2.20 bits per heavy atom. The van der Waals surface area contributed by atoms with Crippen LogP contribution in [-0.2, 0) is 0 Å². The van der Waals surface area contributed by atoms with Crippen molar-refractivity contribution in [1.82, 2.24) is 4.98 Å². The first-order chi connectivity index (χ1) is 7.31. The molecule has 0 amide bonds. The number of carbonyl (C=O) groups is 1. The van der Waals surface area contributed by atoms with Gasteiger partial charge in [-0.05, 0) is 25.0 Å². The van der Waals surface area contributed by atoms with Crippen molar-refractivity contribution in [2.45, 2.75) is 19.0 Å². The molecule has 2 heterocycles. The van der Waals surface area contributed by atoms with Gasteiger partial charge in [0.15, 0.2) is 6.29 Å². The third-order valence-corrected chi connectivity index (χ3v) is 2.67. The second kappa shape index (κ2) is 4.38. The average molecular weight is 208 g/mol. The fourth-order valence-electron chi connectivity index (χ4n) is 1.83. The maximum absolute atomic E-state index is 12.9. The van der Waals surface area contributed by atoms with Gasteiger partial charge in [0.25, 0.3) is 0 Å². The number of hydrogen-bond donors (Lipinski definition) is 0. The number of alkyl halides is 1. The molecule has 15 heavy (non-hydrogen) atoms. The zero-order valence-electron chi connectivity index (χ0n) is 8.40. The molecule has 0 radical (unpaired) electrons. The van der Waals surface area contributed by atoms with Crippen LogP contribution >= 0.6 is 0 Å². The maximum Gasteiger partial charge on any atom is 0.153 e. The largest absolute Gasteiger partial charge is 0.356 e. The van der Waals surface area contributed by atoms with Gasteiger partial charge in [0.2, 0.25) is 0 Å². The van der Waals surface area contributed by atoms with Crippen LogP contribution in [0.2, 0.25) is 0 Å². The van der Waals surface area contributed by atoms with Crippen LogP contribution in [0.3, 0.4) is 0 Å². The molecule has 4 heteroatoms. The number of pyridine rings is 1. The van der Waals surface area contributed by atoms with E-state index in [0.717, 1.165) is 6.29 Å². The molecule has 0 spiro atoms. The predicted octanol–water partition coefficient (Wildman–Crippen LogP) is 1.83. The van der Waals surface area contributed by atoms with Gasteiger partial charge in [0.1, 0.15) is 12.0 Å². The minimum atomic E-state index is -0.704. The van der Waals surface area contributed by atoms with Crippen LogP contribution in [0.25, 0.3) is 0 Å². The van der Waals surface area contributed by atoms with E-state index in [2.05, 4.69) is 4.98 Å². The van der Waals surface area contributed by atoms with Crippen molar-refractivity contribution in [3.8, 4) is 0 Å². The number of anilines is 1. The minimum Gasteiger partial charge on any atom is -0.356 e. The summed E-state index contributed by atoms with van der Waals surface area (Å²) in [5.41, 5.74) is 0.579. The lowest BCUT2D eigenvalue weighted by Gasteiger charge is -2.30. The van der Waals surface area contributed by atoms with E-state index >= 15 is 0 Å². The monoisotopic (exact) mass is 208 g/mol. The Labute approximate surface area is 87.9 Å². The number of carbonyl (C=O) groups excluding carboxylic acids is 1. The average Bonchev–Trinajstić information content (AvgIpc) is 2.30. The first-order valence-electron chi connectivity index (χ1n) is 5.10. The number of rotatable bonds is 2. The van der Waals surface area contributed by atoms with Gasteiger partial charge >= 0.3 is 0 Å². The van der Waals surface area contributed by atoms with Gasteiger partial charge in [-0.3, -0.25) is 4.79 Å². The predicted molar refractivity (Wildman–Crippen MR) is 56.0 cm³/mol. The summed E-state index contributed by atoms with van der Waals surface area (Å²) in [5, 5.41) is 0. The lowest BCUT2D eigenvalue weighted by molar-refractivity contribution is 0.112. The van der Waals surface area contributed by atoms with Crippen molar-refractivity contribution in [3.05, 3.63) is 23.9 Å². The van der Waals surface area contributed by atoms with Gasteiger partial charge in [-0.2, -0.15) is 0 Å². The first kappa shape index (κ1) is 10.1. The SMILES string of the molecule is O=Cc1cccnc1N1CCC(F)CC1. The molecule has 0 atom stereocenters. The zero-order chi connectivity index (χ0) is 10.7. The molecular weight excluding hydrogens is 195 g/mol. The van der Waals surface area contributed by atoms with Crippen LogP contribution in [0.15, 0.2) is 18.3 Å². The fourth-order valence-corrected chi connectivity index (χ4v) is 1.83. The summed E-state index contributed by atoms with van der Waals surface area (Å²) >= 11 is 0. The lowest BCUT2D eigenvalue weighted by Crippen LogP contribution is -2.35. The molecule has 0 saturated carbocycles. The normalized spacial score (nSPS) is 17.8. The highest BCUT2D eigenvalue weighted by molar-refractivity contribution is 5.82. The summed E-state index contributed by atoms with van der Waals surface area (Å²) in [6.45, 7) is 1.28. The topological polar surface area (TPSA) is 33.2 Å². The van der Waals surface area contributed by atoms with E-state index in [1.807, 2.05) is 4.90 Å². The maximum atomic E-state index is 12.9. The zero-order valence-corrected chi connectivity index (χ0v) is 8.40. The lowest BCUT2D eigenvalue weighted by atomic mass is 10.1. The van der Waals surface area contributed by atoms with Gasteiger partial charge in [0, 0.05) is 19.3 Å². The van der Waals surface area contributed by atoms with E-state index in [0.29, 0.717) is 37.3 Å². The van der Waals surface area contributed by atoms with Crippen LogP contribution in [0.4, 0.5) is 10.2 Å². The molecule has 2 rings (SSSR count). The summed E-state index contributed by atoms with van der Waals surface area (Å²) in [4.78, 5) is 16.9. The minimum absolute atomic E-state index is 0.523. The van der Waals surface area contributed by atoms with Gasteiger partial charge in [-0.1, -0.05) is 0 Å². The second-order valence-corrected chi connectivity index (χ2v) is 3.70. The molecule has 0 aromatic carbocycles. The second-order valence-electron chi connectivity index (χ2n) is 3.70. The van der Waals surface area contributed by atoms with Crippen LogP contribution in [0.5, 0.6) is 0 Å². The van der Waals surface area contributed by atoms with E-state index in [4.69, 9.17) is 0 Å². The number of nitrogens with zero attached hydrogens (tertiary/aromatic N) is 2. The third-order valence-electron chi connectivity index (χ3n) is 2.67. The summed E-state index contributed by atoms with van der Waals surface area (Å²) in [5.74, 6) is 0.680. The van der Waals surface area contributed by atoms with Crippen LogP contribution in [0, 0.1) is 0 Å². The molecule has 1 saturated heterocycles.